The van der Waals surface area contributed by atoms with Crippen LogP contribution in [-0.2, 0) is 6.42 Å². The lowest BCUT2D eigenvalue weighted by Crippen LogP contribution is -1.85. The first kappa shape index (κ1) is 9.35. The van der Waals surface area contributed by atoms with Crippen LogP contribution >= 0.6 is 11.6 Å². The van der Waals surface area contributed by atoms with Crippen molar-refractivity contribution in [3.8, 4) is 5.75 Å². The van der Waals surface area contributed by atoms with Gasteiger partial charge in [-0.2, -0.15) is 0 Å². The van der Waals surface area contributed by atoms with E-state index in [2.05, 4.69) is 6.92 Å². The molecule has 1 nitrogen and oxygen atoms in total. The Hall–Kier alpha value is -1.21. The fourth-order valence-electron chi connectivity index (χ4n) is 1.61. The molecule has 0 aromatic heterocycles. The maximum absolute atomic E-state index is 9.31. The van der Waals surface area contributed by atoms with Gasteiger partial charge in [0, 0.05) is 5.02 Å². The predicted molar refractivity (Wildman–Crippen MR) is 59.7 cm³/mol. The Morgan fingerprint density at radius 3 is 2.71 bits per heavy atom. The van der Waals surface area contributed by atoms with E-state index in [1.165, 1.54) is 0 Å². The number of hydrogen-bond acceptors (Lipinski definition) is 1. The van der Waals surface area contributed by atoms with Crippen molar-refractivity contribution in [1.29, 1.82) is 0 Å². The summed E-state index contributed by atoms with van der Waals surface area (Å²) in [5.74, 6) is 0.273. The summed E-state index contributed by atoms with van der Waals surface area (Å²) < 4.78 is 0. The van der Waals surface area contributed by atoms with Crippen molar-refractivity contribution < 1.29 is 5.11 Å². The molecular formula is C12H10ClO. The number of benzene rings is 2. The Morgan fingerprint density at radius 1 is 1.21 bits per heavy atom. The van der Waals surface area contributed by atoms with E-state index in [0.717, 1.165) is 21.4 Å². The first-order valence-electron chi connectivity index (χ1n) is 4.41. The summed E-state index contributed by atoms with van der Waals surface area (Å²) >= 11 is 6.04. The highest BCUT2D eigenvalue weighted by atomic mass is 35.5. The van der Waals surface area contributed by atoms with E-state index >= 15 is 0 Å². The average Bonchev–Trinajstić information content (AvgIpc) is 2.18. The SMILES string of the molecule is [CH2]Cc1c(Cl)ccc2cc(O)ccc12. The highest BCUT2D eigenvalue weighted by Gasteiger charge is 2.04. The lowest BCUT2D eigenvalue weighted by molar-refractivity contribution is 0.476. The average molecular weight is 206 g/mol. The molecular weight excluding hydrogens is 196 g/mol. The highest BCUT2D eigenvalue weighted by Crippen LogP contribution is 2.28. The van der Waals surface area contributed by atoms with Crippen LogP contribution in [0.15, 0.2) is 30.3 Å². The van der Waals surface area contributed by atoms with Crippen LogP contribution in [0, 0.1) is 6.92 Å². The van der Waals surface area contributed by atoms with Crippen molar-refractivity contribution in [3.63, 3.8) is 0 Å². The van der Waals surface area contributed by atoms with Gasteiger partial charge in [-0.15, -0.1) is 0 Å². The molecule has 2 heteroatoms. The fraction of sp³-hybridized carbons (Fsp3) is 0.0833. The van der Waals surface area contributed by atoms with Crippen LogP contribution in [0.5, 0.6) is 5.75 Å². The zero-order valence-electron chi connectivity index (χ0n) is 7.63. The van der Waals surface area contributed by atoms with Gasteiger partial charge in [0.1, 0.15) is 5.75 Å². The topological polar surface area (TPSA) is 20.2 Å². The molecule has 0 bridgehead atoms. The molecule has 0 unspecified atom stereocenters. The van der Waals surface area contributed by atoms with Gasteiger partial charge in [0.2, 0.25) is 0 Å². The second-order valence-electron chi connectivity index (χ2n) is 3.18. The van der Waals surface area contributed by atoms with E-state index in [9.17, 15) is 5.11 Å². The van der Waals surface area contributed by atoms with Gasteiger partial charge in [0.05, 0.1) is 0 Å². The molecule has 0 amide bonds. The third-order valence-electron chi connectivity index (χ3n) is 2.31. The summed E-state index contributed by atoms with van der Waals surface area (Å²) in [6.45, 7) is 3.84. The lowest BCUT2D eigenvalue weighted by Gasteiger charge is -2.06. The van der Waals surface area contributed by atoms with Gasteiger partial charge < -0.3 is 5.11 Å². The third kappa shape index (κ3) is 1.44. The molecule has 0 spiro atoms. The summed E-state index contributed by atoms with van der Waals surface area (Å²) in [6.07, 6.45) is 0.654. The molecule has 2 aromatic carbocycles. The van der Waals surface area contributed by atoms with Crippen molar-refractivity contribution in [2.75, 3.05) is 0 Å². The van der Waals surface area contributed by atoms with Gasteiger partial charge in [0.15, 0.2) is 0 Å². The number of halogens is 1. The van der Waals surface area contributed by atoms with Gasteiger partial charge in [-0.1, -0.05) is 23.7 Å². The van der Waals surface area contributed by atoms with Crippen LogP contribution in [-0.4, -0.2) is 5.11 Å². The number of rotatable bonds is 1. The molecule has 2 rings (SSSR count). The second kappa shape index (κ2) is 3.50. The maximum atomic E-state index is 9.31. The van der Waals surface area contributed by atoms with Gasteiger partial charge in [-0.05, 0) is 47.9 Å². The largest absolute Gasteiger partial charge is 0.508 e. The Morgan fingerprint density at radius 2 is 2.00 bits per heavy atom. The van der Waals surface area contributed by atoms with Crippen molar-refractivity contribution in [1.82, 2.24) is 0 Å². The van der Waals surface area contributed by atoms with E-state index in [1.807, 2.05) is 18.2 Å². The van der Waals surface area contributed by atoms with Crippen molar-refractivity contribution in [2.45, 2.75) is 6.42 Å². The number of hydrogen-bond donors (Lipinski definition) is 1. The van der Waals surface area contributed by atoms with Crippen molar-refractivity contribution in [2.24, 2.45) is 0 Å². The Labute approximate surface area is 87.9 Å². The van der Waals surface area contributed by atoms with E-state index in [-0.39, 0.29) is 5.75 Å². The molecule has 0 saturated carbocycles. The molecule has 0 aliphatic carbocycles. The molecule has 1 N–H and O–H groups in total. The second-order valence-corrected chi connectivity index (χ2v) is 3.59. The highest BCUT2D eigenvalue weighted by molar-refractivity contribution is 6.32. The third-order valence-corrected chi connectivity index (χ3v) is 2.66. The minimum absolute atomic E-state index is 0.273. The van der Waals surface area contributed by atoms with Crippen LogP contribution in [0.25, 0.3) is 10.8 Å². The van der Waals surface area contributed by atoms with E-state index < -0.39 is 0 Å². The van der Waals surface area contributed by atoms with Gasteiger partial charge >= 0.3 is 0 Å². The van der Waals surface area contributed by atoms with Crippen LogP contribution in [0.1, 0.15) is 5.56 Å². The summed E-state index contributed by atoms with van der Waals surface area (Å²) in [5.41, 5.74) is 1.03. The summed E-state index contributed by atoms with van der Waals surface area (Å²) in [7, 11) is 0. The van der Waals surface area contributed by atoms with E-state index in [0.29, 0.717) is 6.42 Å². The predicted octanol–water partition coefficient (Wildman–Crippen LogP) is 3.58. The number of phenols is 1. The molecule has 0 fully saturated rings. The van der Waals surface area contributed by atoms with E-state index in [4.69, 9.17) is 11.6 Å². The zero-order chi connectivity index (χ0) is 10.1. The Balaban J connectivity index is 2.82. The van der Waals surface area contributed by atoms with E-state index in [1.54, 1.807) is 12.1 Å². The first-order chi connectivity index (χ1) is 6.72. The number of phenolic OH excluding ortho intramolecular Hbond substituents is 1. The lowest BCUT2D eigenvalue weighted by atomic mass is 10.0. The van der Waals surface area contributed by atoms with Crippen LogP contribution in [0.3, 0.4) is 0 Å². The molecule has 1 radical (unpaired) electrons. The van der Waals surface area contributed by atoms with Crippen LogP contribution in [0.4, 0.5) is 0 Å². The molecule has 14 heavy (non-hydrogen) atoms. The molecule has 71 valence electrons. The monoisotopic (exact) mass is 205 g/mol. The molecule has 0 saturated heterocycles. The summed E-state index contributed by atoms with van der Waals surface area (Å²) in [5, 5.41) is 12.1. The Kier molecular flexibility index (Phi) is 2.34. The quantitative estimate of drug-likeness (QED) is 0.755. The first-order valence-corrected chi connectivity index (χ1v) is 4.79. The number of aromatic hydroxyl groups is 1. The zero-order valence-corrected chi connectivity index (χ0v) is 8.38. The van der Waals surface area contributed by atoms with Crippen molar-refractivity contribution in [3.05, 3.63) is 47.8 Å². The minimum atomic E-state index is 0.273. The molecule has 0 atom stereocenters. The van der Waals surface area contributed by atoms with Gasteiger partial charge in [0.25, 0.3) is 0 Å². The number of fused-ring (bicyclic) bond motifs is 1. The van der Waals surface area contributed by atoms with Crippen LogP contribution in [0.2, 0.25) is 5.02 Å². The molecule has 0 heterocycles. The van der Waals surface area contributed by atoms with Gasteiger partial charge in [-0.3, -0.25) is 0 Å². The standard InChI is InChI=1S/C12H10ClO/c1-2-10-11-5-4-9(14)7-8(11)3-6-12(10)13/h3-7,14H,1-2H2. The maximum Gasteiger partial charge on any atom is 0.116 e. The minimum Gasteiger partial charge on any atom is -0.508 e. The summed E-state index contributed by atoms with van der Waals surface area (Å²) in [4.78, 5) is 0. The fourth-order valence-corrected chi connectivity index (χ4v) is 1.87. The van der Waals surface area contributed by atoms with Gasteiger partial charge in [-0.25, -0.2) is 0 Å². The van der Waals surface area contributed by atoms with Crippen molar-refractivity contribution >= 4 is 22.4 Å². The normalized spacial score (nSPS) is 10.7. The molecule has 0 aliphatic rings. The Bertz CT molecular complexity index is 477. The van der Waals surface area contributed by atoms with Crippen LogP contribution < -0.4 is 0 Å². The summed E-state index contributed by atoms with van der Waals surface area (Å²) in [6, 6.07) is 9.00. The molecule has 2 aromatic rings. The molecule has 0 aliphatic heterocycles. The smallest absolute Gasteiger partial charge is 0.116 e.